The first-order valence-electron chi connectivity index (χ1n) is 47.3. The molecule has 14 nitrogen and oxygen atoms in total. The van der Waals surface area contributed by atoms with E-state index in [1.165, 1.54) is 225 Å². The summed E-state index contributed by atoms with van der Waals surface area (Å²) in [6.45, 7) is 46.5. The predicted molar refractivity (Wildman–Crippen MR) is 448 cm³/mol. The lowest BCUT2D eigenvalue weighted by Gasteiger charge is -2.39. The minimum Gasteiger partial charge on any atom is -0.462 e. The van der Waals surface area contributed by atoms with Crippen LogP contribution in [0.15, 0.2) is 0 Å². The maximum absolute atomic E-state index is 11.5. The van der Waals surface area contributed by atoms with Crippen LogP contribution in [0.25, 0.3) is 0 Å². The van der Waals surface area contributed by atoms with Gasteiger partial charge in [0.1, 0.15) is 42.7 Å². The Bertz CT molecular complexity index is 2470. The molecule has 6 unspecified atom stereocenters. The highest BCUT2D eigenvalue weighted by Gasteiger charge is 2.55. The zero-order chi connectivity index (χ0) is 82.3. The molecule has 0 bridgehead atoms. The monoisotopic (exact) mass is 1570 g/mol. The topological polar surface area (TPSA) is 184 Å². The molecule has 14 rings (SSSR count). The molecule has 7 aliphatic carbocycles. The molecule has 0 spiro atoms. The van der Waals surface area contributed by atoms with Gasteiger partial charge in [-0.05, 0) is 218 Å². The van der Waals surface area contributed by atoms with Crippen molar-refractivity contribution >= 4 is 41.8 Å². The summed E-state index contributed by atoms with van der Waals surface area (Å²) in [5, 5.41) is 0. The zero-order valence-electron chi connectivity index (χ0n) is 75.5. The summed E-state index contributed by atoms with van der Waals surface area (Å²) >= 11 is 0. The second-order valence-corrected chi connectivity index (χ2v) is 42.6. The van der Waals surface area contributed by atoms with E-state index in [0.29, 0.717) is 79.3 Å². The fourth-order valence-corrected chi connectivity index (χ4v) is 23.8. The Morgan fingerprint density at radius 3 is 0.420 bits per heavy atom. The van der Waals surface area contributed by atoms with E-state index < -0.39 is 0 Å². The van der Waals surface area contributed by atoms with E-state index in [1.54, 1.807) is 0 Å². The van der Waals surface area contributed by atoms with E-state index in [-0.39, 0.29) is 126 Å². The number of rotatable bonds is 21. The Labute approximate surface area is 683 Å². The fourth-order valence-electron chi connectivity index (χ4n) is 23.8. The second kappa shape index (κ2) is 41.3. The third-order valence-electron chi connectivity index (χ3n) is 32.7. The molecule has 7 saturated heterocycles. The van der Waals surface area contributed by atoms with Gasteiger partial charge in [0.15, 0.2) is 0 Å². The predicted octanol–water partition coefficient (Wildman–Crippen LogP) is 24.8. The number of hydrogen-bond acceptors (Lipinski definition) is 14. The molecule has 0 radical (unpaired) electrons. The molecule has 7 heterocycles. The highest BCUT2D eigenvalue weighted by atomic mass is 16.6. The maximum Gasteiger partial charge on any atom is 0.309 e. The molecule has 0 aromatic heterocycles. The van der Waals surface area contributed by atoms with Crippen LogP contribution in [0.1, 0.15) is 415 Å². The van der Waals surface area contributed by atoms with Crippen LogP contribution in [0, 0.1) is 121 Å². The molecule has 0 aromatic carbocycles. The first kappa shape index (κ1) is 93.8. The molecule has 0 aromatic rings. The van der Waals surface area contributed by atoms with Gasteiger partial charge in [-0.1, -0.05) is 235 Å². The summed E-state index contributed by atoms with van der Waals surface area (Å²) in [7, 11) is 0. The van der Waals surface area contributed by atoms with Gasteiger partial charge < -0.3 is 33.2 Å². The molecule has 14 fully saturated rings. The largest absolute Gasteiger partial charge is 0.462 e. The standard InChI is InChI=1S/7C14H24O2/c7*1-4-5-7-14(3)8-6-11-10(2)13(15)16-12(11)9-14/h7*10-12H,4-9H2,1-3H3/t10?,11-,12?,14+;10-,11+,12?,14+;10-,11+,12-,14?;2*10-,11+,12-,14-;10-,11-,12?,14+;10-,11-,12?,14-/m0101000/s1. The number of hydrogen-bond donors (Lipinski definition) is 0. The lowest BCUT2D eigenvalue weighted by atomic mass is 9.66. The molecule has 14 heteroatoms. The van der Waals surface area contributed by atoms with E-state index in [2.05, 4.69) is 96.9 Å². The molecule has 112 heavy (non-hydrogen) atoms. The van der Waals surface area contributed by atoms with Crippen LogP contribution in [0.2, 0.25) is 0 Å². The van der Waals surface area contributed by atoms with Crippen LogP contribution >= 0.6 is 0 Å². The van der Waals surface area contributed by atoms with E-state index in [1.807, 2.05) is 48.5 Å². The van der Waals surface area contributed by atoms with Gasteiger partial charge in [-0.3, -0.25) is 33.6 Å². The molecular formula is C98H168O14. The molecule has 644 valence electrons. The van der Waals surface area contributed by atoms with Crippen LogP contribution in [0.5, 0.6) is 0 Å². The van der Waals surface area contributed by atoms with Crippen molar-refractivity contribution < 1.29 is 66.7 Å². The van der Waals surface area contributed by atoms with Gasteiger partial charge in [0, 0.05) is 41.4 Å². The lowest BCUT2D eigenvalue weighted by Crippen LogP contribution is -2.34. The van der Waals surface area contributed by atoms with E-state index in [9.17, 15) is 33.6 Å². The summed E-state index contributed by atoms with van der Waals surface area (Å²) in [6.07, 6.45) is 53.3. The van der Waals surface area contributed by atoms with Crippen molar-refractivity contribution in [3.8, 4) is 0 Å². The average molecular weight is 1570 g/mol. The van der Waals surface area contributed by atoms with E-state index in [0.717, 1.165) is 44.9 Å². The molecule has 7 aliphatic heterocycles. The minimum atomic E-state index is 0.0368. The maximum atomic E-state index is 11.5. The summed E-state index contributed by atoms with van der Waals surface area (Å²) in [5.41, 5.74) is 2.93. The average Bonchev–Trinajstić information content (AvgIpc) is 1.63. The Hall–Kier alpha value is -3.71. The van der Waals surface area contributed by atoms with Crippen molar-refractivity contribution in [3.63, 3.8) is 0 Å². The third kappa shape index (κ3) is 24.3. The van der Waals surface area contributed by atoms with Gasteiger partial charge in [-0.15, -0.1) is 0 Å². The Kier molecular flexibility index (Phi) is 34.6. The molecule has 7 saturated carbocycles. The van der Waals surface area contributed by atoms with Gasteiger partial charge in [-0.2, -0.15) is 0 Å². The number of unbranched alkanes of at least 4 members (excludes halogenated alkanes) is 7. The van der Waals surface area contributed by atoms with Gasteiger partial charge in [0.05, 0.1) is 41.4 Å². The Morgan fingerprint density at radius 2 is 0.321 bits per heavy atom. The first-order chi connectivity index (χ1) is 52.9. The molecule has 0 N–H and O–H groups in total. The second-order valence-electron chi connectivity index (χ2n) is 42.6. The Morgan fingerprint density at radius 1 is 0.214 bits per heavy atom. The normalized spacial score (nSPS) is 42.9. The number of carbonyl (C=O) groups excluding carboxylic acids is 7. The van der Waals surface area contributed by atoms with Crippen LogP contribution < -0.4 is 0 Å². The van der Waals surface area contributed by atoms with Crippen molar-refractivity contribution in [3.05, 3.63) is 0 Å². The number of ether oxygens (including phenoxy) is 7. The zero-order valence-corrected chi connectivity index (χ0v) is 75.5. The van der Waals surface area contributed by atoms with Crippen molar-refractivity contribution in [1.82, 2.24) is 0 Å². The smallest absolute Gasteiger partial charge is 0.309 e. The Balaban J connectivity index is 0.000000164. The van der Waals surface area contributed by atoms with Gasteiger partial charge in [0.25, 0.3) is 0 Å². The quantitative estimate of drug-likeness (QED) is 0.0781. The molecular weight excluding hydrogens is 1400 g/mol. The summed E-state index contributed by atoms with van der Waals surface area (Å²) in [4.78, 5) is 80.8. The third-order valence-corrected chi connectivity index (χ3v) is 32.7. The number of carbonyl (C=O) groups is 7. The van der Waals surface area contributed by atoms with Gasteiger partial charge >= 0.3 is 41.8 Å². The number of fused-ring (bicyclic) bond motifs is 7. The minimum absolute atomic E-state index is 0.0368. The van der Waals surface area contributed by atoms with Crippen molar-refractivity contribution in [2.24, 2.45) is 121 Å². The molecule has 14 aliphatic rings. The van der Waals surface area contributed by atoms with E-state index in [4.69, 9.17) is 33.2 Å². The van der Waals surface area contributed by atoms with Crippen LogP contribution in [-0.2, 0) is 66.7 Å². The van der Waals surface area contributed by atoms with E-state index >= 15 is 0 Å². The summed E-state index contributed by atoms with van der Waals surface area (Å²) in [6, 6.07) is 0. The summed E-state index contributed by atoms with van der Waals surface area (Å²) in [5.74, 6) is 4.75. The number of esters is 7. The lowest BCUT2D eigenvalue weighted by molar-refractivity contribution is -0.146. The highest BCUT2D eigenvalue weighted by molar-refractivity contribution is 5.77. The molecule has 0 amide bonds. The SMILES string of the molecule is CCCCC1(C)CC[C@H]2[C@H](C1)OC(=O)[C@H]2C.CCCC[C@@]1(C)CC[C@@H]2C(C1)OC(=O)[C@@H]2C.CCCC[C@@]1(C)CC[C@@H]2C(C1)OC(=O)[C@H]2C.CCCC[C@@]1(C)CC[C@H]2[C@H](C1)OC(=O)[C@H]2C.CCCC[C@]1(C)CC[C@@H]2C(C1)OC(=O)C2C.CCCC[C@]1(C)CC[C@@H]2C(C1)OC(=O)[C@H]2C.CCCC[C@]1(C)CC[C@@H]2[C@@H](C1)OC(=O)[C@@H]2C. The van der Waals surface area contributed by atoms with Gasteiger partial charge in [-0.25, -0.2) is 0 Å². The van der Waals surface area contributed by atoms with Crippen LogP contribution in [0.4, 0.5) is 0 Å². The first-order valence-corrected chi connectivity index (χ1v) is 47.3. The summed E-state index contributed by atoms with van der Waals surface area (Å²) < 4.78 is 38.6. The van der Waals surface area contributed by atoms with Gasteiger partial charge in [0.2, 0.25) is 0 Å². The fraction of sp³-hybridized carbons (Fsp3) is 0.929. The van der Waals surface area contributed by atoms with Crippen molar-refractivity contribution in [2.45, 2.75) is 458 Å². The van der Waals surface area contributed by atoms with Crippen LogP contribution in [-0.4, -0.2) is 84.5 Å². The van der Waals surface area contributed by atoms with Crippen molar-refractivity contribution in [1.29, 1.82) is 0 Å². The van der Waals surface area contributed by atoms with Crippen LogP contribution in [0.3, 0.4) is 0 Å². The molecule has 28 atom stereocenters. The van der Waals surface area contributed by atoms with Crippen molar-refractivity contribution in [2.75, 3.05) is 0 Å². The highest BCUT2D eigenvalue weighted by Crippen LogP contribution is 2.56.